The number of carbonyl (C=O) groups is 2. The molecule has 6 heteroatoms. The maximum atomic E-state index is 11.7. The summed E-state index contributed by atoms with van der Waals surface area (Å²) in [7, 11) is 0. The summed E-state index contributed by atoms with van der Waals surface area (Å²) in [5.74, 6) is -0.389. The van der Waals surface area contributed by atoms with Gasteiger partial charge in [0.2, 0.25) is 0 Å². The molecule has 1 amide bonds. The highest BCUT2D eigenvalue weighted by Gasteiger charge is 2.36. The number of ether oxygens (including phenoxy) is 2. The Labute approximate surface area is 99.1 Å². The highest BCUT2D eigenvalue weighted by Crippen LogP contribution is 2.23. The maximum absolute atomic E-state index is 11.7. The molecule has 0 spiro atoms. The van der Waals surface area contributed by atoms with E-state index < -0.39 is 17.8 Å². The van der Waals surface area contributed by atoms with Crippen LogP contribution in [0.2, 0.25) is 0 Å². The molecule has 0 saturated carbocycles. The van der Waals surface area contributed by atoms with Gasteiger partial charge < -0.3 is 9.47 Å². The topological polar surface area (TPSA) is 65.1 Å². The molecule has 1 unspecified atom stereocenters. The monoisotopic (exact) mass is 241 g/mol. The molecule has 0 aliphatic carbocycles. The van der Waals surface area contributed by atoms with Gasteiger partial charge >= 0.3 is 12.1 Å². The van der Waals surface area contributed by atoms with E-state index in [0.29, 0.717) is 0 Å². The number of rotatable bonds is 0. The van der Waals surface area contributed by atoms with Crippen molar-refractivity contribution in [2.24, 2.45) is 0 Å². The zero-order chi connectivity index (χ0) is 12.6. The quantitative estimate of drug-likeness (QED) is 0.592. The number of nitrogens with zero attached hydrogens (tertiary/aromatic N) is 1. The van der Waals surface area contributed by atoms with Gasteiger partial charge in [0.05, 0.1) is 6.54 Å². The molecule has 2 rings (SSSR count). The van der Waals surface area contributed by atoms with E-state index in [2.05, 4.69) is 0 Å². The first-order chi connectivity index (χ1) is 7.85. The molecule has 1 fully saturated rings. The lowest BCUT2D eigenvalue weighted by Crippen LogP contribution is -2.45. The fraction of sp³-hybridized carbons (Fsp3) is 0.636. The molecule has 17 heavy (non-hydrogen) atoms. The number of hydrogen-bond acceptors (Lipinski definition) is 5. The van der Waals surface area contributed by atoms with Crippen LogP contribution >= 0.6 is 0 Å². The maximum Gasteiger partial charge on any atom is 0.434 e. The largest absolute Gasteiger partial charge is 0.453 e. The van der Waals surface area contributed by atoms with Crippen LogP contribution in [0.4, 0.5) is 4.79 Å². The molecular formula is C11H15NO5. The lowest BCUT2D eigenvalue weighted by molar-refractivity contribution is -0.176. The van der Waals surface area contributed by atoms with Gasteiger partial charge in [0.1, 0.15) is 18.3 Å². The molecule has 0 aromatic heterocycles. The molecule has 0 bridgehead atoms. The second-order valence-corrected chi connectivity index (χ2v) is 4.96. The third kappa shape index (κ3) is 2.76. The Bertz CT molecular complexity index is 382. The highest BCUT2D eigenvalue weighted by atomic mass is 16.7. The van der Waals surface area contributed by atoms with Crippen LogP contribution in [-0.4, -0.2) is 42.0 Å². The highest BCUT2D eigenvalue weighted by molar-refractivity contribution is 5.86. The van der Waals surface area contributed by atoms with E-state index in [1.807, 2.05) is 0 Å². The first-order valence-corrected chi connectivity index (χ1v) is 5.40. The molecule has 0 aromatic rings. The van der Waals surface area contributed by atoms with Crippen LogP contribution < -0.4 is 0 Å². The van der Waals surface area contributed by atoms with Crippen molar-refractivity contribution in [2.75, 3.05) is 13.2 Å². The molecule has 2 heterocycles. The van der Waals surface area contributed by atoms with Gasteiger partial charge in [-0.2, -0.15) is 5.06 Å². The van der Waals surface area contributed by atoms with Crippen molar-refractivity contribution in [1.29, 1.82) is 0 Å². The zero-order valence-electron chi connectivity index (χ0n) is 10.1. The normalized spacial score (nSPS) is 23.9. The van der Waals surface area contributed by atoms with Crippen LogP contribution in [0.1, 0.15) is 20.8 Å². The second kappa shape index (κ2) is 4.03. The number of esters is 1. The second-order valence-electron chi connectivity index (χ2n) is 4.96. The van der Waals surface area contributed by atoms with E-state index in [-0.39, 0.29) is 19.1 Å². The van der Waals surface area contributed by atoms with Crippen molar-refractivity contribution >= 4 is 12.1 Å². The van der Waals surface area contributed by atoms with Crippen LogP contribution in [0.15, 0.2) is 11.6 Å². The van der Waals surface area contributed by atoms with Crippen molar-refractivity contribution in [2.45, 2.75) is 32.5 Å². The number of hydrogen-bond donors (Lipinski definition) is 0. The van der Waals surface area contributed by atoms with Crippen molar-refractivity contribution in [3.63, 3.8) is 0 Å². The number of amides is 1. The van der Waals surface area contributed by atoms with Crippen LogP contribution in [0.5, 0.6) is 0 Å². The van der Waals surface area contributed by atoms with Gasteiger partial charge in [-0.25, -0.2) is 9.59 Å². The average molecular weight is 241 g/mol. The Morgan fingerprint density at radius 3 is 2.88 bits per heavy atom. The number of fused-ring (bicyclic) bond motifs is 1. The van der Waals surface area contributed by atoms with Gasteiger partial charge in [-0.1, -0.05) is 0 Å². The van der Waals surface area contributed by atoms with E-state index >= 15 is 0 Å². The third-order valence-electron chi connectivity index (χ3n) is 2.29. The van der Waals surface area contributed by atoms with Gasteiger partial charge in [0, 0.05) is 11.6 Å². The summed E-state index contributed by atoms with van der Waals surface area (Å²) in [6, 6.07) is 0. The zero-order valence-corrected chi connectivity index (χ0v) is 10.1. The number of hydroxylamine groups is 2. The molecule has 6 nitrogen and oxygen atoms in total. The van der Waals surface area contributed by atoms with Crippen LogP contribution in [0.25, 0.3) is 0 Å². The third-order valence-corrected chi connectivity index (χ3v) is 2.29. The number of carbonyl (C=O) groups excluding carboxylic acids is 2. The minimum atomic E-state index is -0.580. The van der Waals surface area contributed by atoms with Crippen molar-refractivity contribution in [3.8, 4) is 0 Å². The first-order valence-electron chi connectivity index (χ1n) is 5.40. The first kappa shape index (κ1) is 11.9. The smallest absolute Gasteiger partial charge is 0.434 e. The lowest BCUT2D eigenvalue weighted by atomic mass is 10.1. The van der Waals surface area contributed by atoms with Crippen molar-refractivity contribution in [1.82, 2.24) is 5.06 Å². The van der Waals surface area contributed by atoms with Crippen LogP contribution in [-0.2, 0) is 19.1 Å². The summed E-state index contributed by atoms with van der Waals surface area (Å²) in [5, 5.41) is 1.09. The standard InChI is InChI=1S/C11H15NO5/c1-11(2,3)17-10(14)12-5-8-7(6-15-12)4-9(13)16-8/h4,8H,5-6H2,1-3H3. The minimum Gasteiger partial charge on any atom is -0.453 e. The Hall–Kier alpha value is -1.56. The summed E-state index contributed by atoms with van der Waals surface area (Å²) >= 11 is 0. The molecule has 1 atom stereocenters. The molecular weight excluding hydrogens is 226 g/mol. The predicted octanol–water partition coefficient (Wildman–Crippen LogP) is 1.02. The summed E-state index contributed by atoms with van der Waals surface area (Å²) in [6.45, 7) is 5.67. The Kier molecular flexibility index (Phi) is 2.82. The van der Waals surface area contributed by atoms with Crippen molar-refractivity contribution in [3.05, 3.63) is 11.6 Å². The van der Waals surface area contributed by atoms with E-state index in [0.717, 1.165) is 10.6 Å². The van der Waals surface area contributed by atoms with Gasteiger partial charge in [0.25, 0.3) is 0 Å². The molecule has 0 radical (unpaired) electrons. The van der Waals surface area contributed by atoms with Gasteiger partial charge in [0.15, 0.2) is 0 Å². The fourth-order valence-corrected chi connectivity index (χ4v) is 1.58. The van der Waals surface area contributed by atoms with Crippen molar-refractivity contribution < 1.29 is 23.9 Å². The Morgan fingerprint density at radius 1 is 1.53 bits per heavy atom. The van der Waals surface area contributed by atoms with E-state index in [4.69, 9.17) is 14.3 Å². The molecule has 1 saturated heterocycles. The summed E-state index contributed by atoms with van der Waals surface area (Å²) in [4.78, 5) is 27.9. The summed E-state index contributed by atoms with van der Waals surface area (Å²) in [5.41, 5.74) is 0.179. The average Bonchev–Trinajstić information content (AvgIpc) is 2.53. The fourth-order valence-electron chi connectivity index (χ4n) is 1.58. The minimum absolute atomic E-state index is 0.173. The predicted molar refractivity (Wildman–Crippen MR) is 56.9 cm³/mol. The summed E-state index contributed by atoms with van der Waals surface area (Å²) < 4.78 is 10.2. The molecule has 2 aliphatic rings. The Morgan fingerprint density at radius 2 is 2.24 bits per heavy atom. The molecule has 2 aliphatic heterocycles. The van der Waals surface area contributed by atoms with E-state index in [1.165, 1.54) is 6.08 Å². The summed E-state index contributed by atoms with van der Waals surface area (Å²) in [6.07, 6.45) is 0.431. The van der Waals surface area contributed by atoms with Crippen LogP contribution in [0.3, 0.4) is 0 Å². The van der Waals surface area contributed by atoms with Gasteiger partial charge in [-0.05, 0) is 20.8 Å². The van der Waals surface area contributed by atoms with Gasteiger partial charge in [-0.15, -0.1) is 0 Å². The van der Waals surface area contributed by atoms with E-state index in [1.54, 1.807) is 20.8 Å². The van der Waals surface area contributed by atoms with E-state index in [9.17, 15) is 9.59 Å². The lowest BCUT2D eigenvalue weighted by Gasteiger charge is -2.32. The molecule has 0 N–H and O–H groups in total. The van der Waals surface area contributed by atoms with Crippen LogP contribution in [0, 0.1) is 0 Å². The molecule has 94 valence electrons. The Balaban J connectivity index is 1.96. The SMILES string of the molecule is CC(C)(C)OC(=O)N1CC2OC(=O)C=C2CO1. The molecule has 0 aromatic carbocycles. The van der Waals surface area contributed by atoms with Gasteiger partial charge in [-0.3, -0.25) is 4.84 Å².